The van der Waals surface area contributed by atoms with Gasteiger partial charge in [0.1, 0.15) is 5.82 Å². The van der Waals surface area contributed by atoms with Gasteiger partial charge in [-0.2, -0.15) is 0 Å². The summed E-state index contributed by atoms with van der Waals surface area (Å²) in [5, 5.41) is 2.43. The van der Waals surface area contributed by atoms with Crippen LogP contribution in [0.15, 0.2) is 42.5 Å². The van der Waals surface area contributed by atoms with Gasteiger partial charge in [0.05, 0.1) is 0 Å². The Morgan fingerprint density at radius 3 is 1.84 bits per heavy atom. The van der Waals surface area contributed by atoms with E-state index in [-0.39, 0.29) is 0 Å². The van der Waals surface area contributed by atoms with Crippen LogP contribution in [0.2, 0.25) is 0 Å². The molecule has 0 aliphatic carbocycles. The smallest absolute Gasteiger partial charge is 0.151 e. The highest BCUT2D eigenvalue weighted by atomic mass is 19.1. The summed E-state index contributed by atoms with van der Waals surface area (Å²) in [5.74, 6) is -0.428. The van der Waals surface area contributed by atoms with Crippen LogP contribution in [-0.2, 0) is 0 Å². The van der Waals surface area contributed by atoms with E-state index in [2.05, 4.69) is 0 Å². The molecular weight excluding hydrogens is 243 g/mol. The average Bonchev–Trinajstić information content (AvgIpc) is 2.44. The molecule has 0 N–H and O–H groups in total. The molecule has 3 aromatic carbocycles. The van der Waals surface area contributed by atoms with Gasteiger partial charge in [0, 0.05) is 11.1 Å². The van der Waals surface area contributed by atoms with Crippen LogP contribution in [-0.4, -0.2) is 12.6 Å². The van der Waals surface area contributed by atoms with Gasteiger partial charge in [-0.25, -0.2) is 4.39 Å². The van der Waals surface area contributed by atoms with Crippen molar-refractivity contribution < 1.29 is 14.0 Å². The third-order valence-electron chi connectivity index (χ3n) is 3.31. The summed E-state index contributed by atoms with van der Waals surface area (Å²) in [6.45, 7) is 0. The molecular formula is C16H9FO2. The monoisotopic (exact) mass is 252 g/mol. The zero-order valence-electron chi connectivity index (χ0n) is 9.89. The Balaban J connectivity index is 2.68. The predicted molar refractivity (Wildman–Crippen MR) is 72.2 cm³/mol. The first-order valence-corrected chi connectivity index (χ1v) is 5.80. The Morgan fingerprint density at radius 2 is 1.26 bits per heavy atom. The van der Waals surface area contributed by atoms with E-state index in [1.54, 1.807) is 24.3 Å². The molecule has 0 aliphatic heterocycles. The van der Waals surface area contributed by atoms with Crippen LogP contribution in [0, 0.1) is 5.82 Å². The molecule has 19 heavy (non-hydrogen) atoms. The molecule has 2 nitrogen and oxygen atoms in total. The largest absolute Gasteiger partial charge is 0.298 e. The van der Waals surface area contributed by atoms with Crippen molar-refractivity contribution in [3.63, 3.8) is 0 Å². The van der Waals surface area contributed by atoms with E-state index in [9.17, 15) is 14.0 Å². The van der Waals surface area contributed by atoms with E-state index >= 15 is 0 Å². The summed E-state index contributed by atoms with van der Waals surface area (Å²) >= 11 is 0. The van der Waals surface area contributed by atoms with E-state index in [1.807, 2.05) is 0 Å². The molecule has 3 aromatic rings. The highest BCUT2D eigenvalue weighted by Gasteiger charge is 2.13. The van der Waals surface area contributed by atoms with Crippen molar-refractivity contribution in [3.05, 3.63) is 59.4 Å². The standard InChI is InChI=1S/C16H9FO2/c17-10-5-6-13-14(7-10)16(9-19)12-4-2-1-3-11(12)15(13)8-18/h1-9H. The summed E-state index contributed by atoms with van der Waals surface area (Å²) in [6.07, 6.45) is 1.45. The van der Waals surface area contributed by atoms with Gasteiger partial charge in [-0.05, 0) is 33.7 Å². The first-order valence-electron chi connectivity index (χ1n) is 5.80. The van der Waals surface area contributed by atoms with Crippen LogP contribution in [0.25, 0.3) is 21.5 Å². The molecule has 0 fully saturated rings. The maximum absolute atomic E-state index is 13.4. The number of benzene rings is 3. The quantitative estimate of drug-likeness (QED) is 0.514. The maximum Gasteiger partial charge on any atom is 0.151 e. The van der Waals surface area contributed by atoms with Crippen molar-refractivity contribution in [3.8, 4) is 0 Å². The Kier molecular flexibility index (Phi) is 2.60. The van der Waals surface area contributed by atoms with Crippen LogP contribution < -0.4 is 0 Å². The van der Waals surface area contributed by atoms with Gasteiger partial charge >= 0.3 is 0 Å². The van der Waals surface area contributed by atoms with Crippen molar-refractivity contribution in [1.82, 2.24) is 0 Å². The van der Waals surface area contributed by atoms with Crippen LogP contribution in [0.1, 0.15) is 20.7 Å². The van der Waals surface area contributed by atoms with E-state index < -0.39 is 5.82 Å². The molecule has 0 heterocycles. The lowest BCUT2D eigenvalue weighted by Crippen LogP contribution is -1.94. The maximum atomic E-state index is 13.4. The second-order valence-corrected chi connectivity index (χ2v) is 4.30. The number of aldehydes is 2. The zero-order chi connectivity index (χ0) is 13.4. The van der Waals surface area contributed by atoms with Gasteiger partial charge in [0.15, 0.2) is 12.6 Å². The number of fused-ring (bicyclic) bond motifs is 2. The van der Waals surface area contributed by atoms with Gasteiger partial charge in [0.25, 0.3) is 0 Å². The average molecular weight is 252 g/mol. The van der Waals surface area contributed by atoms with Gasteiger partial charge < -0.3 is 0 Å². The molecule has 0 aromatic heterocycles. The molecule has 3 rings (SSSR count). The molecule has 0 spiro atoms. The summed E-state index contributed by atoms with van der Waals surface area (Å²) in [4.78, 5) is 22.7. The highest BCUT2D eigenvalue weighted by molar-refractivity contribution is 6.19. The normalized spacial score (nSPS) is 10.8. The van der Waals surface area contributed by atoms with Gasteiger partial charge in [0.2, 0.25) is 0 Å². The van der Waals surface area contributed by atoms with Crippen molar-refractivity contribution in [1.29, 1.82) is 0 Å². The molecule has 0 atom stereocenters. The minimum absolute atomic E-state index is 0.413. The van der Waals surface area contributed by atoms with Crippen molar-refractivity contribution in [2.75, 3.05) is 0 Å². The Labute approximate surface area is 108 Å². The number of carbonyl (C=O) groups is 2. The minimum atomic E-state index is -0.428. The fourth-order valence-electron chi connectivity index (χ4n) is 2.47. The molecule has 0 amide bonds. The van der Waals surface area contributed by atoms with Gasteiger partial charge in [-0.15, -0.1) is 0 Å². The number of rotatable bonds is 2. The van der Waals surface area contributed by atoms with Gasteiger partial charge in [-0.1, -0.05) is 30.3 Å². The minimum Gasteiger partial charge on any atom is -0.298 e. The van der Waals surface area contributed by atoms with Crippen LogP contribution in [0.4, 0.5) is 4.39 Å². The Hall–Kier alpha value is -2.55. The van der Waals surface area contributed by atoms with Gasteiger partial charge in [-0.3, -0.25) is 9.59 Å². The van der Waals surface area contributed by atoms with Crippen molar-refractivity contribution in [2.24, 2.45) is 0 Å². The number of hydrogen-bond acceptors (Lipinski definition) is 2. The molecule has 0 radical (unpaired) electrons. The van der Waals surface area contributed by atoms with Crippen LogP contribution in [0.5, 0.6) is 0 Å². The number of halogens is 1. The summed E-state index contributed by atoms with van der Waals surface area (Å²) < 4.78 is 13.4. The number of carbonyl (C=O) groups excluding carboxylic acids is 2. The summed E-state index contributed by atoms with van der Waals surface area (Å²) in [5.41, 5.74) is 0.895. The summed E-state index contributed by atoms with van der Waals surface area (Å²) in [7, 11) is 0. The molecule has 0 unspecified atom stereocenters. The van der Waals surface area contributed by atoms with E-state index in [4.69, 9.17) is 0 Å². The second-order valence-electron chi connectivity index (χ2n) is 4.30. The first-order chi connectivity index (χ1) is 9.26. The van der Waals surface area contributed by atoms with Crippen molar-refractivity contribution in [2.45, 2.75) is 0 Å². The van der Waals surface area contributed by atoms with Crippen LogP contribution >= 0.6 is 0 Å². The third-order valence-corrected chi connectivity index (χ3v) is 3.31. The molecule has 0 saturated heterocycles. The summed E-state index contributed by atoms with van der Waals surface area (Å²) in [6, 6.07) is 11.3. The lowest BCUT2D eigenvalue weighted by atomic mass is 9.93. The molecule has 3 heteroatoms. The van der Waals surface area contributed by atoms with E-state index in [0.29, 0.717) is 39.0 Å². The van der Waals surface area contributed by atoms with Crippen molar-refractivity contribution >= 4 is 34.1 Å². The Bertz CT molecular complexity index is 822. The molecule has 0 bridgehead atoms. The fraction of sp³-hybridized carbons (Fsp3) is 0. The molecule has 0 aliphatic rings. The highest BCUT2D eigenvalue weighted by Crippen LogP contribution is 2.31. The van der Waals surface area contributed by atoms with Crippen LogP contribution in [0.3, 0.4) is 0 Å². The molecule has 0 saturated carbocycles. The third kappa shape index (κ3) is 1.63. The Morgan fingerprint density at radius 1 is 0.737 bits per heavy atom. The fourth-order valence-corrected chi connectivity index (χ4v) is 2.47. The SMILES string of the molecule is O=Cc1c2ccccc2c(C=O)c2cc(F)ccc12. The predicted octanol–water partition coefficient (Wildman–Crippen LogP) is 3.76. The lowest BCUT2D eigenvalue weighted by Gasteiger charge is -2.10. The first kappa shape index (κ1) is 11.5. The van der Waals surface area contributed by atoms with E-state index in [1.165, 1.54) is 18.2 Å². The topological polar surface area (TPSA) is 34.1 Å². The number of hydrogen-bond donors (Lipinski definition) is 0. The molecule has 92 valence electrons. The lowest BCUT2D eigenvalue weighted by molar-refractivity contribution is 0.111. The zero-order valence-corrected chi connectivity index (χ0v) is 9.89. The van der Waals surface area contributed by atoms with E-state index in [0.717, 1.165) is 6.29 Å². The second kappa shape index (κ2) is 4.28.